The average molecular weight is 312 g/mol. The van der Waals surface area contributed by atoms with Gasteiger partial charge in [-0.2, -0.15) is 0 Å². The van der Waals surface area contributed by atoms with Crippen molar-refractivity contribution in [2.24, 2.45) is 5.92 Å². The fourth-order valence-electron chi connectivity index (χ4n) is 3.61. The van der Waals surface area contributed by atoms with E-state index in [0.29, 0.717) is 18.6 Å². The van der Waals surface area contributed by atoms with Crippen molar-refractivity contribution in [3.05, 3.63) is 59.9 Å². The summed E-state index contributed by atoms with van der Waals surface area (Å²) in [6, 6.07) is 13.2. The van der Waals surface area contributed by atoms with Gasteiger partial charge in [0, 0.05) is 38.1 Å². The number of rotatable bonds is 6. The number of hydrogen-bond donors (Lipinski definition) is 2. The second kappa shape index (κ2) is 8.32. The zero-order chi connectivity index (χ0) is 15.9. The van der Waals surface area contributed by atoms with Crippen molar-refractivity contribution in [1.82, 2.24) is 9.88 Å². The smallest absolute Gasteiger partial charge is 0.0474 e. The van der Waals surface area contributed by atoms with E-state index in [4.69, 9.17) is 0 Å². The maximum atomic E-state index is 9.61. The molecule has 2 aromatic rings. The lowest BCUT2D eigenvalue weighted by atomic mass is 9.95. The minimum Gasteiger partial charge on any atom is -0.396 e. The van der Waals surface area contributed by atoms with Crippen LogP contribution in [-0.4, -0.2) is 22.3 Å². The minimum absolute atomic E-state index is 0.312. The molecule has 1 heterocycles. The van der Waals surface area contributed by atoms with E-state index < -0.39 is 0 Å². The van der Waals surface area contributed by atoms with Gasteiger partial charge in [-0.15, -0.1) is 0 Å². The first-order chi connectivity index (χ1) is 11.3. The third-order valence-corrected chi connectivity index (χ3v) is 4.98. The molecule has 0 unspecified atom stereocenters. The van der Waals surface area contributed by atoms with Crippen molar-refractivity contribution in [3.63, 3.8) is 0 Å². The molecule has 1 fully saturated rings. The second-order valence-corrected chi connectivity index (χ2v) is 6.75. The standard InChI is InChI=1S/C20H28N2O/c23-16-19-9-5-2-6-10-20(19)21-13-18-11-12-22(15-18)14-17-7-3-1-4-8-17/h1,3-4,7-8,11-12,15,19-21,23H,2,5-6,9-10,13-14,16H2/t19-,20+/m1/s1. The molecule has 1 aromatic carbocycles. The van der Waals surface area contributed by atoms with Crippen molar-refractivity contribution in [2.45, 2.75) is 51.2 Å². The van der Waals surface area contributed by atoms with Gasteiger partial charge in [0.25, 0.3) is 0 Å². The van der Waals surface area contributed by atoms with Gasteiger partial charge in [-0.1, -0.05) is 49.6 Å². The molecule has 0 spiro atoms. The van der Waals surface area contributed by atoms with E-state index in [2.05, 4.69) is 58.7 Å². The van der Waals surface area contributed by atoms with Crippen LogP contribution in [0.1, 0.15) is 43.2 Å². The Morgan fingerprint density at radius 3 is 2.65 bits per heavy atom. The van der Waals surface area contributed by atoms with Crippen LogP contribution in [-0.2, 0) is 13.1 Å². The maximum absolute atomic E-state index is 9.61. The summed E-state index contributed by atoms with van der Waals surface area (Å²) in [5.74, 6) is 0.420. The highest BCUT2D eigenvalue weighted by Crippen LogP contribution is 2.23. The van der Waals surface area contributed by atoms with Crippen LogP contribution in [0.5, 0.6) is 0 Å². The Morgan fingerprint density at radius 1 is 1.00 bits per heavy atom. The Labute approximate surface area is 139 Å². The number of benzene rings is 1. The topological polar surface area (TPSA) is 37.2 Å². The Balaban J connectivity index is 1.54. The zero-order valence-corrected chi connectivity index (χ0v) is 13.8. The Hall–Kier alpha value is -1.58. The number of hydrogen-bond acceptors (Lipinski definition) is 2. The lowest BCUT2D eigenvalue weighted by Crippen LogP contribution is -2.36. The minimum atomic E-state index is 0.312. The first kappa shape index (κ1) is 16.3. The molecule has 2 atom stereocenters. The van der Waals surface area contributed by atoms with Gasteiger partial charge in [-0.25, -0.2) is 0 Å². The largest absolute Gasteiger partial charge is 0.396 e. The van der Waals surface area contributed by atoms with Crippen LogP contribution in [0.25, 0.3) is 0 Å². The lowest BCUT2D eigenvalue weighted by molar-refractivity contribution is 0.181. The molecule has 23 heavy (non-hydrogen) atoms. The summed E-state index contributed by atoms with van der Waals surface area (Å²) in [5.41, 5.74) is 2.65. The van der Waals surface area contributed by atoms with Crippen LogP contribution in [0, 0.1) is 5.92 Å². The van der Waals surface area contributed by atoms with Crippen LogP contribution >= 0.6 is 0 Å². The molecule has 0 aliphatic heterocycles. The summed E-state index contributed by atoms with van der Waals surface area (Å²) in [6.45, 7) is 2.12. The quantitative estimate of drug-likeness (QED) is 0.800. The average Bonchev–Trinajstić information content (AvgIpc) is 2.90. The monoisotopic (exact) mass is 312 g/mol. The van der Waals surface area contributed by atoms with E-state index in [1.165, 1.54) is 36.8 Å². The van der Waals surface area contributed by atoms with Crippen LogP contribution in [0.2, 0.25) is 0 Å². The molecule has 3 nitrogen and oxygen atoms in total. The maximum Gasteiger partial charge on any atom is 0.0474 e. The predicted octanol–water partition coefficient (Wildman–Crippen LogP) is 3.57. The van der Waals surface area contributed by atoms with E-state index in [-0.39, 0.29) is 0 Å². The number of aliphatic hydroxyl groups is 1. The second-order valence-electron chi connectivity index (χ2n) is 6.75. The molecule has 0 radical (unpaired) electrons. The number of aromatic nitrogens is 1. The normalized spacial score (nSPS) is 22.0. The molecule has 124 valence electrons. The van der Waals surface area contributed by atoms with Gasteiger partial charge < -0.3 is 15.0 Å². The molecule has 0 amide bonds. The molecule has 1 saturated carbocycles. The first-order valence-electron chi connectivity index (χ1n) is 8.88. The Bertz CT molecular complexity index is 578. The van der Waals surface area contributed by atoms with Gasteiger partial charge in [0.2, 0.25) is 0 Å². The third kappa shape index (κ3) is 4.69. The molecule has 2 N–H and O–H groups in total. The van der Waals surface area contributed by atoms with E-state index in [1.807, 2.05) is 0 Å². The van der Waals surface area contributed by atoms with Gasteiger partial charge in [-0.3, -0.25) is 0 Å². The number of aliphatic hydroxyl groups excluding tert-OH is 1. The Morgan fingerprint density at radius 2 is 1.83 bits per heavy atom. The highest BCUT2D eigenvalue weighted by molar-refractivity contribution is 5.17. The van der Waals surface area contributed by atoms with Crippen LogP contribution in [0.4, 0.5) is 0 Å². The van der Waals surface area contributed by atoms with Crippen molar-refractivity contribution in [2.75, 3.05) is 6.61 Å². The van der Waals surface area contributed by atoms with Gasteiger partial charge in [0.15, 0.2) is 0 Å². The first-order valence-corrected chi connectivity index (χ1v) is 8.88. The summed E-state index contributed by atoms with van der Waals surface area (Å²) in [5, 5.41) is 13.3. The molecule has 3 heteroatoms. The van der Waals surface area contributed by atoms with Crippen LogP contribution in [0.15, 0.2) is 48.8 Å². The SMILES string of the molecule is OC[C@H]1CCCCC[C@@H]1NCc1ccn(Cc2ccccc2)c1. The van der Waals surface area contributed by atoms with Crippen LogP contribution in [0.3, 0.4) is 0 Å². The molecule has 1 aromatic heterocycles. The molecule has 3 rings (SSSR count). The van der Waals surface area contributed by atoms with Crippen molar-refractivity contribution >= 4 is 0 Å². The summed E-state index contributed by atoms with van der Waals surface area (Å²) in [4.78, 5) is 0. The molecular formula is C20H28N2O. The summed E-state index contributed by atoms with van der Waals surface area (Å²) in [6.07, 6.45) is 10.6. The van der Waals surface area contributed by atoms with E-state index in [9.17, 15) is 5.11 Å². The van der Waals surface area contributed by atoms with Crippen molar-refractivity contribution < 1.29 is 5.11 Å². The highest BCUT2D eigenvalue weighted by atomic mass is 16.3. The van der Waals surface area contributed by atoms with Crippen LogP contribution < -0.4 is 5.32 Å². The van der Waals surface area contributed by atoms with Gasteiger partial charge >= 0.3 is 0 Å². The highest BCUT2D eigenvalue weighted by Gasteiger charge is 2.22. The molecule has 1 aliphatic rings. The van der Waals surface area contributed by atoms with Gasteiger partial charge in [-0.05, 0) is 36.0 Å². The van der Waals surface area contributed by atoms with Gasteiger partial charge in [0.05, 0.1) is 0 Å². The zero-order valence-electron chi connectivity index (χ0n) is 13.8. The molecule has 0 bridgehead atoms. The summed E-state index contributed by atoms with van der Waals surface area (Å²) < 4.78 is 2.24. The van der Waals surface area contributed by atoms with Gasteiger partial charge in [0.1, 0.15) is 0 Å². The third-order valence-electron chi connectivity index (χ3n) is 4.98. The van der Waals surface area contributed by atoms with E-state index >= 15 is 0 Å². The lowest BCUT2D eigenvalue weighted by Gasteiger charge is -2.24. The number of nitrogens with one attached hydrogen (secondary N) is 1. The molecule has 1 aliphatic carbocycles. The summed E-state index contributed by atoms with van der Waals surface area (Å²) in [7, 11) is 0. The molecular weight excluding hydrogens is 284 g/mol. The predicted molar refractivity (Wildman–Crippen MR) is 94.3 cm³/mol. The van der Waals surface area contributed by atoms with Crippen molar-refractivity contribution in [3.8, 4) is 0 Å². The fraction of sp³-hybridized carbons (Fsp3) is 0.500. The Kier molecular flexibility index (Phi) is 5.89. The van der Waals surface area contributed by atoms with Crippen molar-refractivity contribution in [1.29, 1.82) is 0 Å². The summed E-state index contributed by atoms with van der Waals surface area (Å²) >= 11 is 0. The van der Waals surface area contributed by atoms with E-state index in [1.54, 1.807) is 0 Å². The molecule has 0 saturated heterocycles. The number of nitrogens with zero attached hydrogens (tertiary/aromatic N) is 1. The van der Waals surface area contributed by atoms with E-state index in [0.717, 1.165) is 19.5 Å². The fourth-order valence-corrected chi connectivity index (χ4v) is 3.61.